The first-order valence-corrected chi connectivity index (χ1v) is 11.6. The number of hydrogen-bond donors (Lipinski definition) is 1. The Hall–Kier alpha value is -3.45. The molecule has 5 rings (SSSR count). The number of rotatable bonds is 5. The monoisotopic (exact) mass is 443 g/mol. The van der Waals surface area contributed by atoms with Crippen LogP contribution in [0.25, 0.3) is 11.3 Å². The van der Waals surface area contributed by atoms with Gasteiger partial charge in [-0.1, -0.05) is 12.1 Å². The number of carbonyl (C=O) groups is 1. The molecule has 2 aliphatic heterocycles. The van der Waals surface area contributed by atoms with Gasteiger partial charge in [-0.3, -0.25) is 4.79 Å². The van der Waals surface area contributed by atoms with E-state index in [-0.39, 0.29) is 5.91 Å². The summed E-state index contributed by atoms with van der Waals surface area (Å²) in [6, 6.07) is 18.2. The van der Waals surface area contributed by atoms with E-state index in [0.29, 0.717) is 12.0 Å². The van der Waals surface area contributed by atoms with Gasteiger partial charge in [-0.05, 0) is 62.2 Å². The summed E-state index contributed by atoms with van der Waals surface area (Å²) in [4.78, 5) is 26.1. The molecule has 3 heterocycles. The lowest BCUT2D eigenvalue weighted by atomic mass is 10.1. The van der Waals surface area contributed by atoms with Gasteiger partial charge in [0, 0.05) is 54.4 Å². The zero-order chi connectivity index (χ0) is 22.6. The fraction of sp³-hybridized carbons (Fsp3) is 0.346. The van der Waals surface area contributed by atoms with E-state index in [0.717, 1.165) is 68.2 Å². The van der Waals surface area contributed by atoms with Crippen molar-refractivity contribution in [3.63, 3.8) is 0 Å². The van der Waals surface area contributed by atoms with Gasteiger partial charge < -0.3 is 19.9 Å². The van der Waals surface area contributed by atoms with Crippen LogP contribution in [0.15, 0.2) is 60.8 Å². The summed E-state index contributed by atoms with van der Waals surface area (Å²) in [6.07, 6.45) is 3.91. The first kappa shape index (κ1) is 21.4. The molecule has 2 fully saturated rings. The second-order valence-corrected chi connectivity index (χ2v) is 8.60. The molecule has 1 atom stereocenters. The highest BCUT2D eigenvalue weighted by Crippen LogP contribution is 2.24. The van der Waals surface area contributed by atoms with Crippen LogP contribution in [0.1, 0.15) is 30.1 Å². The van der Waals surface area contributed by atoms with E-state index < -0.39 is 0 Å². The van der Waals surface area contributed by atoms with Crippen LogP contribution in [0.3, 0.4) is 0 Å². The largest absolute Gasteiger partial charge is 0.378 e. The van der Waals surface area contributed by atoms with Crippen molar-refractivity contribution < 1.29 is 9.53 Å². The maximum Gasteiger partial charge on any atom is 0.254 e. The zero-order valence-electron chi connectivity index (χ0n) is 18.9. The van der Waals surface area contributed by atoms with E-state index in [1.165, 1.54) is 5.69 Å². The fourth-order valence-electron chi connectivity index (χ4n) is 4.47. The third kappa shape index (κ3) is 4.83. The highest BCUT2D eigenvalue weighted by atomic mass is 16.5. The van der Waals surface area contributed by atoms with E-state index in [9.17, 15) is 4.79 Å². The van der Waals surface area contributed by atoms with Gasteiger partial charge in [0.15, 0.2) is 0 Å². The van der Waals surface area contributed by atoms with E-state index in [4.69, 9.17) is 4.74 Å². The minimum atomic E-state index is 0.108. The molecule has 0 spiro atoms. The molecule has 0 saturated carbocycles. The number of morpholine rings is 1. The number of amides is 1. The standard InChI is InChI=1S/C26H29N5O2/c1-19-3-2-14-31(19)25(32)21-6-4-20(5-7-21)24-12-13-27-26(29-24)28-22-8-10-23(11-9-22)30-15-17-33-18-16-30/h4-13,19H,2-3,14-18H2,1H3,(H,27,28,29)/t19-/m1/s1. The summed E-state index contributed by atoms with van der Waals surface area (Å²) >= 11 is 0. The van der Waals surface area contributed by atoms with Gasteiger partial charge >= 0.3 is 0 Å². The molecular weight excluding hydrogens is 414 g/mol. The fourth-order valence-corrected chi connectivity index (χ4v) is 4.47. The zero-order valence-corrected chi connectivity index (χ0v) is 18.9. The molecule has 3 aromatic rings. The molecule has 33 heavy (non-hydrogen) atoms. The number of ether oxygens (including phenoxy) is 1. The molecular formula is C26H29N5O2. The molecule has 7 nitrogen and oxygen atoms in total. The van der Waals surface area contributed by atoms with Gasteiger partial charge in [0.05, 0.1) is 18.9 Å². The molecule has 1 aromatic heterocycles. The number of hydrogen-bond acceptors (Lipinski definition) is 6. The Balaban J connectivity index is 1.26. The van der Waals surface area contributed by atoms with Crippen LogP contribution >= 0.6 is 0 Å². The molecule has 0 unspecified atom stereocenters. The average molecular weight is 444 g/mol. The van der Waals surface area contributed by atoms with Crippen LogP contribution in [0, 0.1) is 0 Å². The SMILES string of the molecule is C[C@@H]1CCCN1C(=O)c1ccc(-c2ccnc(Nc3ccc(N4CCOCC4)cc3)n2)cc1. The van der Waals surface area contributed by atoms with Crippen molar-refractivity contribution in [2.75, 3.05) is 43.1 Å². The summed E-state index contributed by atoms with van der Waals surface area (Å²) < 4.78 is 5.43. The molecule has 0 bridgehead atoms. The minimum Gasteiger partial charge on any atom is -0.378 e. The van der Waals surface area contributed by atoms with Crippen molar-refractivity contribution in [2.45, 2.75) is 25.8 Å². The third-order valence-corrected chi connectivity index (χ3v) is 6.40. The van der Waals surface area contributed by atoms with Crippen molar-refractivity contribution in [1.82, 2.24) is 14.9 Å². The Bertz CT molecular complexity index is 1090. The molecule has 7 heteroatoms. The molecule has 170 valence electrons. The van der Waals surface area contributed by atoms with Gasteiger partial charge in [0.1, 0.15) is 0 Å². The predicted octanol–water partition coefficient (Wildman–Crippen LogP) is 4.35. The van der Waals surface area contributed by atoms with Crippen molar-refractivity contribution in [2.24, 2.45) is 0 Å². The van der Waals surface area contributed by atoms with Crippen LogP contribution in [-0.4, -0.2) is 59.7 Å². The summed E-state index contributed by atoms with van der Waals surface area (Å²) in [5.74, 6) is 0.648. The molecule has 2 saturated heterocycles. The lowest BCUT2D eigenvalue weighted by molar-refractivity contribution is 0.0747. The molecule has 2 aliphatic rings. The Morgan fingerprint density at radius 2 is 1.76 bits per heavy atom. The van der Waals surface area contributed by atoms with E-state index in [1.807, 2.05) is 47.4 Å². The molecule has 2 aromatic carbocycles. The van der Waals surface area contributed by atoms with Crippen LogP contribution < -0.4 is 10.2 Å². The number of likely N-dealkylation sites (tertiary alicyclic amines) is 1. The summed E-state index contributed by atoms with van der Waals surface area (Å²) in [5, 5.41) is 3.29. The number of benzene rings is 2. The number of carbonyl (C=O) groups excluding carboxylic acids is 1. The number of aromatic nitrogens is 2. The smallest absolute Gasteiger partial charge is 0.254 e. The first-order valence-electron chi connectivity index (χ1n) is 11.6. The van der Waals surface area contributed by atoms with Gasteiger partial charge in [-0.15, -0.1) is 0 Å². The van der Waals surface area contributed by atoms with Crippen LogP contribution in [0.5, 0.6) is 0 Å². The highest BCUT2D eigenvalue weighted by molar-refractivity contribution is 5.95. The van der Waals surface area contributed by atoms with Crippen molar-refractivity contribution >= 4 is 23.2 Å². The Morgan fingerprint density at radius 3 is 2.45 bits per heavy atom. The second kappa shape index (κ2) is 9.58. The lowest BCUT2D eigenvalue weighted by Gasteiger charge is -2.28. The normalized spacial score (nSPS) is 18.4. The van der Waals surface area contributed by atoms with Crippen LogP contribution in [-0.2, 0) is 4.74 Å². The number of anilines is 3. The molecule has 0 radical (unpaired) electrons. The van der Waals surface area contributed by atoms with Crippen LogP contribution in [0.2, 0.25) is 0 Å². The average Bonchev–Trinajstić information content (AvgIpc) is 3.31. The maximum absolute atomic E-state index is 12.8. The van der Waals surface area contributed by atoms with E-state index in [2.05, 4.69) is 39.2 Å². The Kier molecular flexibility index (Phi) is 6.21. The number of nitrogens with zero attached hydrogens (tertiary/aromatic N) is 4. The van der Waals surface area contributed by atoms with Crippen molar-refractivity contribution in [1.29, 1.82) is 0 Å². The van der Waals surface area contributed by atoms with Gasteiger partial charge in [-0.25, -0.2) is 9.97 Å². The Labute approximate surface area is 194 Å². The minimum absolute atomic E-state index is 0.108. The topological polar surface area (TPSA) is 70.6 Å². The molecule has 1 amide bonds. The van der Waals surface area contributed by atoms with Gasteiger partial charge in [0.25, 0.3) is 5.91 Å². The second-order valence-electron chi connectivity index (χ2n) is 8.60. The van der Waals surface area contributed by atoms with Gasteiger partial charge in [0.2, 0.25) is 5.95 Å². The van der Waals surface area contributed by atoms with Gasteiger partial charge in [-0.2, -0.15) is 0 Å². The van der Waals surface area contributed by atoms with Crippen LogP contribution in [0.4, 0.5) is 17.3 Å². The summed E-state index contributed by atoms with van der Waals surface area (Å²) in [5.41, 5.74) is 4.61. The predicted molar refractivity (Wildman–Crippen MR) is 130 cm³/mol. The van der Waals surface area contributed by atoms with E-state index in [1.54, 1.807) is 6.20 Å². The third-order valence-electron chi connectivity index (χ3n) is 6.40. The number of nitrogens with one attached hydrogen (secondary N) is 1. The Morgan fingerprint density at radius 1 is 1.00 bits per heavy atom. The van der Waals surface area contributed by atoms with Crippen molar-refractivity contribution in [3.05, 3.63) is 66.4 Å². The van der Waals surface area contributed by atoms with E-state index >= 15 is 0 Å². The summed E-state index contributed by atoms with van der Waals surface area (Å²) in [7, 11) is 0. The maximum atomic E-state index is 12.8. The quantitative estimate of drug-likeness (QED) is 0.632. The molecule has 0 aliphatic carbocycles. The highest BCUT2D eigenvalue weighted by Gasteiger charge is 2.25. The summed E-state index contributed by atoms with van der Waals surface area (Å²) in [6.45, 7) is 6.33. The first-order chi connectivity index (χ1) is 16.2. The molecule has 1 N–H and O–H groups in total. The van der Waals surface area contributed by atoms with Crippen molar-refractivity contribution in [3.8, 4) is 11.3 Å². The lowest BCUT2D eigenvalue weighted by Crippen LogP contribution is -2.36.